The molecule has 0 aliphatic carbocycles. The summed E-state index contributed by atoms with van der Waals surface area (Å²) >= 11 is 1.01. The van der Waals surface area contributed by atoms with Crippen LogP contribution in [0.4, 0.5) is 15.8 Å². The quantitative estimate of drug-likeness (QED) is 0.911. The molecule has 7 heteroatoms. The molecule has 0 atom stereocenters. The van der Waals surface area contributed by atoms with Crippen molar-refractivity contribution in [3.63, 3.8) is 0 Å². The Bertz CT molecular complexity index is 660. The summed E-state index contributed by atoms with van der Waals surface area (Å²) in [6.45, 7) is 1.68. The van der Waals surface area contributed by atoms with Crippen molar-refractivity contribution < 1.29 is 12.8 Å². The van der Waals surface area contributed by atoms with E-state index in [1.54, 1.807) is 13.0 Å². The number of halogens is 1. The second-order valence-electron chi connectivity index (χ2n) is 3.82. The average Bonchev–Trinajstić information content (AvgIpc) is 2.62. The van der Waals surface area contributed by atoms with E-state index < -0.39 is 15.8 Å². The van der Waals surface area contributed by atoms with Gasteiger partial charge in [-0.1, -0.05) is 0 Å². The first kappa shape index (κ1) is 12.8. The maximum absolute atomic E-state index is 13.2. The molecule has 0 unspecified atom stereocenters. The number of sulfonamides is 1. The topological polar surface area (TPSA) is 72.2 Å². The van der Waals surface area contributed by atoms with Gasteiger partial charge in [-0.3, -0.25) is 4.72 Å². The minimum atomic E-state index is -3.70. The summed E-state index contributed by atoms with van der Waals surface area (Å²) in [6, 6.07) is 5.36. The van der Waals surface area contributed by atoms with Gasteiger partial charge >= 0.3 is 0 Å². The molecule has 96 valence electrons. The first-order valence-electron chi connectivity index (χ1n) is 5.01. The Morgan fingerprint density at radius 2 is 2.00 bits per heavy atom. The number of nitrogen functional groups attached to an aromatic ring is 1. The van der Waals surface area contributed by atoms with Gasteiger partial charge in [-0.05, 0) is 36.8 Å². The van der Waals surface area contributed by atoms with Gasteiger partial charge in [-0.15, -0.1) is 11.3 Å². The van der Waals surface area contributed by atoms with Gasteiger partial charge in [0.1, 0.15) is 10.0 Å². The molecule has 0 bridgehead atoms. The van der Waals surface area contributed by atoms with Crippen molar-refractivity contribution in [1.29, 1.82) is 0 Å². The number of aryl methyl sites for hydroxylation is 1. The van der Waals surface area contributed by atoms with Gasteiger partial charge in [0.2, 0.25) is 0 Å². The van der Waals surface area contributed by atoms with Crippen molar-refractivity contribution in [2.45, 2.75) is 11.1 Å². The monoisotopic (exact) mass is 286 g/mol. The van der Waals surface area contributed by atoms with Gasteiger partial charge in [0, 0.05) is 11.1 Å². The zero-order valence-corrected chi connectivity index (χ0v) is 11.1. The molecule has 0 aliphatic heterocycles. The zero-order chi connectivity index (χ0) is 13.3. The highest BCUT2D eigenvalue weighted by atomic mass is 32.2. The van der Waals surface area contributed by atoms with Crippen LogP contribution in [0.15, 0.2) is 33.9 Å². The highest BCUT2D eigenvalue weighted by Gasteiger charge is 2.16. The maximum Gasteiger partial charge on any atom is 0.271 e. The van der Waals surface area contributed by atoms with Crippen molar-refractivity contribution >= 4 is 32.7 Å². The third-order valence-electron chi connectivity index (χ3n) is 2.15. The van der Waals surface area contributed by atoms with Crippen LogP contribution in [0.5, 0.6) is 0 Å². The average molecular weight is 286 g/mol. The molecule has 1 heterocycles. The molecule has 0 saturated carbocycles. The lowest BCUT2D eigenvalue weighted by atomic mass is 10.2. The molecule has 18 heavy (non-hydrogen) atoms. The van der Waals surface area contributed by atoms with E-state index in [1.165, 1.54) is 17.5 Å². The second-order valence-corrected chi connectivity index (χ2v) is 6.64. The van der Waals surface area contributed by atoms with E-state index in [9.17, 15) is 12.8 Å². The first-order valence-corrected chi connectivity index (χ1v) is 7.37. The van der Waals surface area contributed by atoms with Crippen LogP contribution in [-0.2, 0) is 10.0 Å². The van der Waals surface area contributed by atoms with Crippen molar-refractivity contribution in [3.05, 3.63) is 41.0 Å². The molecular formula is C11H11FN2O2S2. The third-order valence-corrected chi connectivity index (χ3v) is 4.99. The van der Waals surface area contributed by atoms with Gasteiger partial charge in [-0.25, -0.2) is 12.8 Å². The fourth-order valence-electron chi connectivity index (χ4n) is 1.47. The summed E-state index contributed by atoms with van der Waals surface area (Å²) in [5, 5.41) is 1.53. The molecule has 0 amide bonds. The Balaban J connectivity index is 2.33. The zero-order valence-electron chi connectivity index (χ0n) is 9.48. The van der Waals surface area contributed by atoms with E-state index in [2.05, 4.69) is 4.72 Å². The maximum atomic E-state index is 13.2. The summed E-state index contributed by atoms with van der Waals surface area (Å²) in [4.78, 5) is 0. The second kappa shape index (κ2) is 4.58. The molecule has 0 fully saturated rings. The van der Waals surface area contributed by atoms with Crippen LogP contribution in [-0.4, -0.2) is 8.42 Å². The molecule has 2 rings (SSSR count). The van der Waals surface area contributed by atoms with Crippen LogP contribution in [0.3, 0.4) is 0 Å². The standard InChI is InChI=1S/C11H11FN2O2S2/c1-7-2-8(12)4-10(3-7)14-18(15,16)11-5-9(13)6-17-11/h2-6,14H,13H2,1H3. The van der Waals surface area contributed by atoms with Gasteiger partial charge in [0.05, 0.1) is 5.69 Å². The van der Waals surface area contributed by atoms with Crippen molar-refractivity contribution in [1.82, 2.24) is 0 Å². The molecule has 2 aromatic rings. The predicted molar refractivity (Wildman–Crippen MR) is 70.7 cm³/mol. The Hall–Kier alpha value is -1.60. The molecule has 0 spiro atoms. The normalized spacial score (nSPS) is 11.4. The van der Waals surface area contributed by atoms with Crippen LogP contribution < -0.4 is 10.5 Å². The fraction of sp³-hybridized carbons (Fsp3) is 0.0909. The molecule has 1 aromatic heterocycles. The SMILES string of the molecule is Cc1cc(F)cc(NS(=O)(=O)c2cc(N)cs2)c1. The summed E-state index contributed by atoms with van der Waals surface area (Å²) in [5.41, 5.74) is 6.69. The Morgan fingerprint density at radius 3 is 2.56 bits per heavy atom. The molecule has 0 saturated heterocycles. The van der Waals surface area contributed by atoms with E-state index in [-0.39, 0.29) is 9.90 Å². The molecule has 3 N–H and O–H groups in total. The Kier molecular flexibility index (Phi) is 3.27. The van der Waals surface area contributed by atoms with E-state index in [0.717, 1.165) is 17.4 Å². The highest BCUT2D eigenvalue weighted by molar-refractivity contribution is 7.94. The number of hydrogen-bond donors (Lipinski definition) is 2. The van der Waals surface area contributed by atoms with Gasteiger partial charge in [0.25, 0.3) is 10.0 Å². The van der Waals surface area contributed by atoms with Crippen molar-refractivity contribution in [2.75, 3.05) is 10.5 Å². The number of nitrogens with two attached hydrogens (primary N) is 1. The first-order chi connectivity index (χ1) is 8.37. The van der Waals surface area contributed by atoms with Gasteiger partial charge < -0.3 is 5.73 Å². The van der Waals surface area contributed by atoms with Crippen molar-refractivity contribution in [2.24, 2.45) is 0 Å². The highest BCUT2D eigenvalue weighted by Crippen LogP contribution is 2.24. The number of nitrogens with one attached hydrogen (secondary N) is 1. The van der Waals surface area contributed by atoms with E-state index in [4.69, 9.17) is 5.73 Å². The van der Waals surface area contributed by atoms with E-state index >= 15 is 0 Å². The molecule has 4 nitrogen and oxygen atoms in total. The number of benzene rings is 1. The largest absolute Gasteiger partial charge is 0.398 e. The van der Waals surface area contributed by atoms with Crippen LogP contribution in [0.25, 0.3) is 0 Å². The van der Waals surface area contributed by atoms with Crippen LogP contribution >= 0.6 is 11.3 Å². The van der Waals surface area contributed by atoms with E-state index in [0.29, 0.717) is 11.3 Å². The number of anilines is 2. The van der Waals surface area contributed by atoms with Crippen LogP contribution in [0.2, 0.25) is 0 Å². The molecule has 0 radical (unpaired) electrons. The lowest BCUT2D eigenvalue weighted by Gasteiger charge is -2.07. The van der Waals surface area contributed by atoms with E-state index in [1.807, 2.05) is 0 Å². The van der Waals surface area contributed by atoms with Crippen LogP contribution in [0, 0.1) is 12.7 Å². The minimum absolute atomic E-state index is 0.0990. The van der Waals surface area contributed by atoms with Gasteiger partial charge in [-0.2, -0.15) is 0 Å². The number of thiophene rings is 1. The predicted octanol–water partition coefficient (Wildman–Crippen LogP) is 2.58. The summed E-state index contributed by atoms with van der Waals surface area (Å²) in [5.74, 6) is -0.488. The van der Waals surface area contributed by atoms with Gasteiger partial charge in [0.15, 0.2) is 0 Å². The van der Waals surface area contributed by atoms with Crippen LogP contribution in [0.1, 0.15) is 5.56 Å². The minimum Gasteiger partial charge on any atom is -0.398 e. The summed E-state index contributed by atoms with van der Waals surface area (Å²) < 4.78 is 39.5. The fourth-order valence-corrected chi connectivity index (χ4v) is 3.59. The Labute approximate surface area is 108 Å². The Morgan fingerprint density at radius 1 is 1.28 bits per heavy atom. The third kappa shape index (κ3) is 2.80. The lowest BCUT2D eigenvalue weighted by Crippen LogP contribution is -2.11. The smallest absolute Gasteiger partial charge is 0.271 e. The number of rotatable bonds is 3. The van der Waals surface area contributed by atoms with Crippen molar-refractivity contribution in [3.8, 4) is 0 Å². The lowest BCUT2D eigenvalue weighted by molar-refractivity contribution is 0.603. The summed E-state index contributed by atoms with van der Waals surface area (Å²) in [6.07, 6.45) is 0. The molecule has 1 aromatic carbocycles. The number of hydrogen-bond acceptors (Lipinski definition) is 4. The molecular weight excluding hydrogens is 275 g/mol. The summed E-state index contributed by atoms with van der Waals surface area (Å²) in [7, 11) is -3.70. The molecule has 0 aliphatic rings.